The van der Waals surface area contributed by atoms with E-state index >= 15 is 0 Å². The van der Waals surface area contributed by atoms with E-state index in [1.54, 1.807) is 13.8 Å². The zero-order chi connectivity index (χ0) is 11.6. The van der Waals surface area contributed by atoms with Gasteiger partial charge in [0, 0.05) is 11.5 Å². The molecule has 2 nitrogen and oxygen atoms in total. The Balaban J connectivity index is 3.14. The lowest BCUT2D eigenvalue weighted by Gasteiger charge is -2.15. The Hall–Kier alpha value is -1.39. The molecule has 0 fully saturated rings. The molecule has 0 spiro atoms. The number of aromatic hydroxyl groups is 1. The molecule has 0 heterocycles. The highest BCUT2D eigenvalue weighted by molar-refractivity contribution is 5.51. The van der Waals surface area contributed by atoms with Gasteiger partial charge in [-0.25, -0.2) is 0 Å². The minimum Gasteiger partial charge on any atom is -0.504 e. The van der Waals surface area contributed by atoms with E-state index in [4.69, 9.17) is 0 Å². The molecule has 0 atom stereocenters. The van der Waals surface area contributed by atoms with E-state index < -0.39 is 17.9 Å². The molecule has 1 aromatic rings. The Labute approximate surface area is 85.3 Å². The fourth-order valence-corrected chi connectivity index (χ4v) is 1.14. The Morgan fingerprint density at radius 3 is 2.33 bits per heavy atom. The molecule has 1 N–H and O–H groups in total. The number of phenols is 1. The summed E-state index contributed by atoms with van der Waals surface area (Å²) >= 11 is 0. The van der Waals surface area contributed by atoms with Crippen LogP contribution in [0.25, 0.3) is 0 Å². The number of rotatable bonds is 2. The molecule has 0 saturated carbocycles. The predicted molar refractivity (Wildman–Crippen MR) is 48.5 cm³/mol. The fourth-order valence-electron chi connectivity index (χ4n) is 1.14. The van der Waals surface area contributed by atoms with Gasteiger partial charge < -0.3 is 9.84 Å². The third-order valence-electron chi connectivity index (χ3n) is 1.75. The largest absolute Gasteiger partial charge is 0.573 e. The number of alkyl halides is 3. The van der Waals surface area contributed by atoms with Gasteiger partial charge >= 0.3 is 6.36 Å². The summed E-state index contributed by atoms with van der Waals surface area (Å²) in [6.45, 7) is 3.27. The zero-order valence-electron chi connectivity index (χ0n) is 8.22. The Kier molecular flexibility index (Phi) is 3.12. The Morgan fingerprint density at radius 1 is 1.27 bits per heavy atom. The monoisotopic (exact) mass is 219 g/mol. The SMILES string of the molecule is C[C](C)c1cccc(O)c1OC(F)(F)F. The van der Waals surface area contributed by atoms with E-state index in [2.05, 4.69) is 4.74 Å². The van der Waals surface area contributed by atoms with Crippen LogP contribution < -0.4 is 4.74 Å². The second kappa shape index (κ2) is 4.00. The molecule has 0 aliphatic heterocycles. The molecule has 0 aliphatic rings. The van der Waals surface area contributed by atoms with Gasteiger partial charge in [0.25, 0.3) is 0 Å². The maximum Gasteiger partial charge on any atom is 0.573 e. The maximum absolute atomic E-state index is 12.0. The van der Waals surface area contributed by atoms with Gasteiger partial charge in [-0.1, -0.05) is 26.0 Å². The van der Waals surface area contributed by atoms with Crippen LogP contribution in [0.4, 0.5) is 13.2 Å². The number of phenolic OH excluding ortho intramolecular Hbond substituents is 1. The molecule has 0 aromatic heterocycles. The second-order valence-electron chi connectivity index (χ2n) is 3.20. The summed E-state index contributed by atoms with van der Waals surface area (Å²) in [5.41, 5.74) is 0.243. The lowest BCUT2D eigenvalue weighted by atomic mass is 10.0. The first-order valence-electron chi connectivity index (χ1n) is 4.19. The van der Waals surface area contributed by atoms with Crippen LogP contribution in [-0.2, 0) is 0 Å². The van der Waals surface area contributed by atoms with Crippen molar-refractivity contribution < 1.29 is 23.0 Å². The van der Waals surface area contributed by atoms with E-state index in [9.17, 15) is 18.3 Å². The number of halogens is 3. The van der Waals surface area contributed by atoms with E-state index in [-0.39, 0.29) is 5.56 Å². The van der Waals surface area contributed by atoms with Gasteiger partial charge in [-0.3, -0.25) is 0 Å². The normalized spacial score (nSPS) is 11.9. The number of para-hydroxylation sites is 1. The summed E-state index contributed by atoms with van der Waals surface area (Å²) in [7, 11) is 0. The van der Waals surface area contributed by atoms with Crippen molar-refractivity contribution in [3.05, 3.63) is 29.7 Å². The highest BCUT2D eigenvalue weighted by Crippen LogP contribution is 2.37. The van der Waals surface area contributed by atoms with E-state index in [0.29, 0.717) is 5.92 Å². The Morgan fingerprint density at radius 2 is 1.87 bits per heavy atom. The number of benzene rings is 1. The minimum absolute atomic E-state index is 0.243. The fraction of sp³-hybridized carbons (Fsp3) is 0.300. The number of ether oxygens (including phenoxy) is 1. The minimum atomic E-state index is -4.80. The van der Waals surface area contributed by atoms with Crippen molar-refractivity contribution in [1.82, 2.24) is 0 Å². The van der Waals surface area contributed by atoms with Crippen molar-refractivity contribution in [3.63, 3.8) is 0 Å². The summed E-state index contributed by atoms with van der Waals surface area (Å²) in [6.07, 6.45) is -4.80. The third kappa shape index (κ3) is 3.04. The van der Waals surface area contributed by atoms with Gasteiger partial charge in [0.1, 0.15) is 0 Å². The molecule has 0 saturated heterocycles. The molecule has 0 unspecified atom stereocenters. The summed E-state index contributed by atoms with van der Waals surface area (Å²) in [5, 5.41) is 9.27. The van der Waals surface area contributed by atoms with E-state index in [1.807, 2.05) is 0 Å². The van der Waals surface area contributed by atoms with Crippen LogP contribution in [0.5, 0.6) is 11.5 Å². The summed E-state index contributed by atoms with van der Waals surface area (Å²) in [6, 6.07) is 4.06. The van der Waals surface area contributed by atoms with Crippen molar-refractivity contribution in [2.24, 2.45) is 0 Å². The zero-order valence-corrected chi connectivity index (χ0v) is 8.22. The molecule has 1 aromatic carbocycles. The van der Waals surface area contributed by atoms with Gasteiger partial charge in [-0.05, 0) is 6.07 Å². The molecule has 1 radical (unpaired) electrons. The summed E-state index contributed by atoms with van der Waals surface area (Å²) in [4.78, 5) is 0. The average Bonchev–Trinajstić information content (AvgIpc) is 2.05. The van der Waals surface area contributed by atoms with Crippen LogP contribution in [0.2, 0.25) is 0 Å². The van der Waals surface area contributed by atoms with Gasteiger partial charge in [-0.2, -0.15) is 0 Å². The predicted octanol–water partition coefficient (Wildman–Crippen LogP) is 3.25. The number of hydrogen-bond donors (Lipinski definition) is 1. The molecule has 15 heavy (non-hydrogen) atoms. The van der Waals surface area contributed by atoms with Crippen LogP contribution in [0.3, 0.4) is 0 Å². The topological polar surface area (TPSA) is 29.5 Å². The standard InChI is InChI=1S/C10H10F3O2/c1-6(2)7-4-3-5-8(14)9(7)15-10(11,12)13/h3-5,14H,1-2H3. The summed E-state index contributed by atoms with van der Waals surface area (Å²) < 4.78 is 39.8. The third-order valence-corrected chi connectivity index (χ3v) is 1.75. The highest BCUT2D eigenvalue weighted by Gasteiger charge is 2.33. The van der Waals surface area contributed by atoms with Gasteiger partial charge in [0.15, 0.2) is 11.5 Å². The molecule has 1 rings (SSSR count). The molecule has 83 valence electrons. The lowest BCUT2D eigenvalue weighted by Crippen LogP contribution is -2.18. The van der Waals surface area contributed by atoms with Crippen molar-refractivity contribution in [2.45, 2.75) is 20.2 Å². The first-order valence-corrected chi connectivity index (χ1v) is 4.19. The molecule has 0 bridgehead atoms. The van der Waals surface area contributed by atoms with Crippen molar-refractivity contribution in [2.75, 3.05) is 0 Å². The molecular weight excluding hydrogens is 209 g/mol. The van der Waals surface area contributed by atoms with E-state index in [1.165, 1.54) is 12.1 Å². The van der Waals surface area contributed by atoms with Crippen molar-refractivity contribution >= 4 is 0 Å². The average molecular weight is 219 g/mol. The molecule has 0 aliphatic carbocycles. The number of hydrogen-bond acceptors (Lipinski definition) is 2. The van der Waals surface area contributed by atoms with Gasteiger partial charge in [0.2, 0.25) is 0 Å². The maximum atomic E-state index is 12.0. The van der Waals surface area contributed by atoms with Crippen LogP contribution in [-0.4, -0.2) is 11.5 Å². The smallest absolute Gasteiger partial charge is 0.504 e. The first kappa shape index (κ1) is 11.7. The second-order valence-corrected chi connectivity index (χ2v) is 3.20. The van der Waals surface area contributed by atoms with Crippen molar-refractivity contribution in [1.29, 1.82) is 0 Å². The van der Waals surface area contributed by atoms with Crippen LogP contribution >= 0.6 is 0 Å². The van der Waals surface area contributed by atoms with Crippen molar-refractivity contribution in [3.8, 4) is 11.5 Å². The van der Waals surface area contributed by atoms with Crippen LogP contribution in [0, 0.1) is 5.92 Å². The molecular formula is C10H10F3O2. The van der Waals surface area contributed by atoms with Gasteiger partial charge in [-0.15, -0.1) is 13.2 Å². The summed E-state index contributed by atoms with van der Waals surface area (Å²) in [5.74, 6) is -0.443. The van der Waals surface area contributed by atoms with Crippen LogP contribution in [0.15, 0.2) is 18.2 Å². The quantitative estimate of drug-likeness (QED) is 0.827. The first-order chi connectivity index (χ1) is 6.81. The Bertz CT molecular complexity index is 345. The molecule has 0 amide bonds. The van der Waals surface area contributed by atoms with Gasteiger partial charge in [0.05, 0.1) is 0 Å². The van der Waals surface area contributed by atoms with E-state index in [0.717, 1.165) is 6.07 Å². The lowest BCUT2D eigenvalue weighted by molar-refractivity contribution is -0.275. The van der Waals surface area contributed by atoms with Crippen LogP contribution in [0.1, 0.15) is 19.4 Å². The highest BCUT2D eigenvalue weighted by atomic mass is 19.4. The molecule has 5 heteroatoms.